The Morgan fingerprint density at radius 1 is 1.00 bits per heavy atom. The molecule has 1 aromatic heterocycles. The molecule has 3 aromatic rings. The van der Waals surface area contributed by atoms with Gasteiger partial charge in [0, 0.05) is 22.2 Å². The molecular weight excluding hydrogens is 314 g/mol. The lowest BCUT2D eigenvalue weighted by molar-refractivity contribution is 0.0318. The molecule has 1 N–H and O–H groups in total. The van der Waals surface area contributed by atoms with E-state index in [1.807, 2.05) is 57.2 Å². The topological polar surface area (TPSA) is 59.2 Å². The Balaban J connectivity index is 1.86. The number of ether oxygens (including phenoxy) is 1. The number of carbonyl (C=O) groups is 2. The number of ketones is 1. The third-order valence-corrected chi connectivity index (χ3v) is 4.62. The zero-order valence-corrected chi connectivity index (χ0v) is 14.8. The average Bonchev–Trinajstić information content (AvgIpc) is 2.92. The number of carbonyl (C=O) groups excluding carboxylic acids is 2. The third-order valence-electron chi connectivity index (χ3n) is 4.62. The molecule has 3 rings (SSSR count). The third kappa shape index (κ3) is 3.07. The second-order valence-corrected chi connectivity index (χ2v) is 6.33. The number of benzene rings is 2. The first-order valence-electron chi connectivity index (χ1n) is 8.29. The summed E-state index contributed by atoms with van der Waals surface area (Å²) in [6.07, 6.45) is -0.856. The van der Waals surface area contributed by atoms with Gasteiger partial charge in [-0.1, -0.05) is 30.3 Å². The van der Waals surface area contributed by atoms with E-state index in [0.29, 0.717) is 11.1 Å². The number of para-hydroxylation sites is 1. The summed E-state index contributed by atoms with van der Waals surface area (Å²) in [7, 11) is 0. The number of nitrogens with one attached hydrogen (secondary N) is 1. The van der Waals surface area contributed by atoms with Gasteiger partial charge in [0.05, 0.1) is 5.56 Å². The smallest absolute Gasteiger partial charge is 0.339 e. The zero-order valence-electron chi connectivity index (χ0n) is 14.8. The minimum Gasteiger partial charge on any atom is -0.451 e. The van der Waals surface area contributed by atoms with Crippen LogP contribution < -0.4 is 0 Å². The molecule has 0 bridgehead atoms. The van der Waals surface area contributed by atoms with Gasteiger partial charge in [-0.25, -0.2) is 4.79 Å². The summed E-state index contributed by atoms with van der Waals surface area (Å²) in [5.74, 6) is -0.673. The minimum atomic E-state index is -0.856. The number of fused-ring (bicyclic) bond motifs is 1. The highest BCUT2D eigenvalue weighted by Crippen LogP contribution is 2.24. The SMILES string of the molecule is Cc1cccc(C(=O)O[C@H](C)C(=O)c2c(C)[nH]c3ccccc23)c1C. The number of Topliss-reactive ketones (excluding diaryl/α,β-unsaturated/α-hetero) is 1. The van der Waals surface area contributed by atoms with Crippen LogP contribution in [-0.2, 0) is 4.74 Å². The first-order chi connectivity index (χ1) is 11.9. The normalized spacial score (nSPS) is 12.2. The molecule has 0 aliphatic heterocycles. The Hall–Kier alpha value is -2.88. The zero-order chi connectivity index (χ0) is 18.1. The van der Waals surface area contributed by atoms with E-state index in [0.717, 1.165) is 27.7 Å². The van der Waals surface area contributed by atoms with Crippen LogP contribution >= 0.6 is 0 Å². The lowest BCUT2D eigenvalue weighted by Gasteiger charge is -2.14. The molecule has 0 radical (unpaired) electrons. The van der Waals surface area contributed by atoms with Crippen molar-refractivity contribution in [3.8, 4) is 0 Å². The van der Waals surface area contributed by atoms with E-state index >= 15 is 0 Å². The molecule has 0 amide bonds. The monoisotopic (exact) mass is 335 g/mol. The van der Waals surface area contributed by atoms with Crippen molar-refractivity contribution in [1.82, 2.24) is 4.98 Å². The molecule has 0 spiro atoms. The lowest BCUT2D eigenvalue weighted by Crippen LogP contribution is -2.25. The lowest BCUT2D eigenvalue weighted by atomic mass is 10.0. The van der Waals surface area contributed by atoms with Crippen LogP contribution in [0.4, 0.5) is 0 Å². The molecule has 128 valence electrons. The highest BCUT2D eigenvalue weighted by atomic mass is 16.5. The number of rotatable bonds is 4. The summed E-state index contributed by atoms with van der Waals surface area (Å²) in [6, 6.07) is 13.1. The fourth-order valence-corrected chi connectivity index (χ4v) is 3.05. The van der Waals surface area contributed by atoms with E-state index in [-0.39, 0.29) is 5.78 Å². The van der Waals surface area contributed by atoms with Gasteiger partial charge in [0.1, 0.15) is 0 Å². The van der Waals surface area contributed by atoms with Gasteiger partial charge in [0.2, 0.25) is 5.78 Å². The van der Waals surface area contributed by atoms with Crippen molar-refractivity contribution in [1.29, 1.82) is 0 Å². The molecule has 1 heterocycles. The molecular formula is C21H21NO3. The van der Waals surface area contributed by atoms with Crippen molar-refractivity contribution >= 4 is 22.7 Å². The first kappa shape index (κ1) is 17.0. The maximum Gasteiger partial charge on any atom is 0.339 e. The van der Waals surface area contributed by atoms with Crippen LogP contribution in [0.1, 0.15) is 44.5 Å². The van der Waals surface area contributed by atoms with Gasteiger partial charge in [-0.2, -0.15) is 0 Å². The Kier molecular flexibility index (Phi) is 4.45. The Bertz CT molecular complexity index is 968. The second-order valence-electron chi connectivity index (χ2n) is 6.33. The van der Waals surface area contributed by atoms with Crippen molar-refractivity contribution < 1.29 is 14.3 Å². The summed E-state index contributed by atoms with van der Waals surface area (Å²) < 4.78 is 5.46. The molecule has 0 unspecified atom stereocenters. The van der Waals surface area contributed by atoms with Gasteiger partial charge in [-0.05, 0) is 51.0 Å². The van der Waals surface area contributed by atoms with Gasteiger partial charge < -0.3 is 9.72 Å². The molecule has 4 nitrogen and oxygen atoms in total. The minimum absolute atomic E-state index is 0.200. The maximum atomic E-state index is 12.9. The standard InChI is InChI=1S/C21H21NO3/c1-12-8-7-10-16(13(12)2)21(24)25-15(4)20(23)19-14(3)22-18-11-6-5-9-17(18)19/h5-11,15,22H,1-4H3/t15-/m1/s1. The van der Waals surface area contributed by atoms with Gasteiger partial charge >= 0.3 is 5.97 Å². The van der Waals surface area contributed by atoms with Crippen LogP contribution in [0.15, 0.2) is 42.5 Å². The van der Waals surface area contributed by atoms with Crippen LogP contribution in [-0.4, -0.2) is 22.8 Å². The van der Waals surface area contributed by atoms with Gasteiger partial charge in [-0.15, -0.1) is 0 Å². The molecule has 1 atom stereocenters. The second kappa shape index (κ2) is 6.55. The summed E-state index contributed by atoms with van der Waals surface area (Å²) in [5, 5.41) is 0.847. The Morgan fingerprint density at radius 3 is 2.48 bits per heavy atom. The maximum absolute atomic E-state index is 12.9. The van der Waals surface area contributed by atoms with E-state index in [2.05, 4.69) is 4.98 Å². The number of hydrogen-bond donors (Lipinski definition) is 1. The molecule has 0 saturated heterocycles. The van der Waals surface area contributed by atoms with Crippen LogP contribution in [0.5, 0.6) is 0 Å². The van der Waals surface area contributed by atoms with Crippen molar-refractivity contribution in [2.24, 2.45) is 0 Å². The summed E-state index contributed by atoms with van der Waals surface area (Å²) in [6.45, 7) is 7.29. The van der Waals surface area contributed by atoms with E-state index in [4.69, 9.17) is 4.74 Å². The number of H-pyrrole nitrogens is 1. The van der Waals surface area contributed by atoms with Crippen LogP contribution in [0, 0.1) is 20.8 Å². The average molecular weight is 335 g/mol. The van der Waals surface area contributed by atoms with Gasteiger partial charge in [0.25, 0.3) is 0 Å². The van der Waals surface area contributed by atoms with E-state index in [1.165, 1.54) is 0 Å². The molecule has 4 heteroatoms. The van der Waals surface area contributed by atoms with Crippen molar-refractivity contribution in [2.45, 2.75) is 33.8 Å². The van der Waals surface area contributed by atoms with Crippen LogP contribution in [0.2, 0.25) is 0 Å². The summed E-state index contributed by atoms with van der Waals surface area (Å²) in [5.41, 5.74) is 4.64. The highest BCUT2D eigenvalue weighted by molar-refractivity contribution is 6.11. The fraction of sp³-hybridized carbons (Fsp3) is 0.238. The fourth-order valence-electron chi connectivity index (χ4n) is 3.05. The summed E-state index contributed by atoms with van der Waals surface area (Å²) in [4.78, 5) is 28.5. The van der Waals surface area contributed by atoms with Crippen LogP contribution in [0.25, 0.3) is 10.9 Å². The predicted octanol–water partition coefficient (Wildman–Crippen LogP) is 4.52. The molecule has 2 aromatic carbocycles. The van der Waals surface area contributed by atoms with Crippen molar-refractivity contribution in [3.63, 3.8) is 0 Å². The van der Waals surface area contributed by atoms with Gasteiger partial charge in [0.15, 0.2) is 6.10 Å². The Morgan fingerprint density at radius 2 is 1.72 bits per heavy atom. The largest absolute Gasteiger partial charge is 0.451 e. The van der Waals surface area contributed by atoms with E-state index in [1.54, 1.807) is 13.0 Å². The number of aromatic amines is 1. The summed E-state index contributed by atoms with van der Waals surface area (Å²) >= 11 is 0. The molecule has 0 fully saturated rings. The van der Waals surface area contributed by atoms with E-state index in [9.17, 15) is 9.59 Å². The van der Waals surface area contributed by atoms with Gasteiger partial charge in [-0.3, -0.25) is 4.79 Å². The van der Waals surface area contributed by atoms with Crippen LogP contribution in [0.3, 0.4) is 0 Å². The Labute approximate surface area is 146 Å². The van der Waals surface area contributed by atoms with Crippen molar-refractivity contribution in [2.75, 3.05) is 0 Å². The number of aryl methyl sites for hydroxylation is 2. The highest BCUT2D eigenvalue weighted by Gasteiger charge is 2.25. The molecule has 0 saturated carbocycles. The molecule has 25 heavy (non-hydrogen) atoms. The first-order valence-corrected chi connectivity index (χ1v) is 8.29. The van der Waals surface area contributed by atoms with E-state index < -0.39 is 12.1 Å². The molecule has 0 aliphatic carbocycles. The quantitative estimate of drug-likeness (QED) is 0.563. The molecule has 0 aliphatic rings. The number of hydrogen-bond acceptors (Lipinski definition) is 3. The van der Waals surface area contributed by atoms with Crippen molar-refractivity contribution in [3.05, 3.63) is 70.4 Å². The number of esters is 1. The predicted molar refractivity (Wildman–Crippen MR) is 98.2 cm³/mol. The number of aromatic nitrogens is 1.